The van der Waals surface area contributed by atoms with E-state index in [0.717, 1.165) is 36.4 Å². The summed E-state index contributed by atoms with van der Waals surface area (Å²) < 4.78 is 1.91. The van der Waals surface area contributed by atoms with Crippen molar-refractivity contribution < 1.29 is 0 Å². The van der Waals surface area contributed by atoms with Crippen molar-refractivity contribution >= 4 is 11.5 Å². The molecule has 1 aliphatic heterocycles. The van der Waals surface area contributed by atoms with Crippen molar-refractivity contribution in [3.05, 3.63) is 18.0 Å². The van der Waals surface area contributed by atoms with Crippen molar-refractivity contribution in [2.75, 3.05) is 25.0 Å². The lowest BCUT2D eigenvalue weighted by Crippen LogP contribution is -2.60. The highest BCUT2D eigenvalue weighted by Gasteiger charge is 2.35. The van der Waals surface area contributed by atoms with Gasteiger partial charge in [0, 0.05) is 30.6 Å². The summed E-state index contributed by atoms with van der Waals surface area (Å²) >= 11 is 0. The van der Waals surface area contributed by atoms with E-state index in [4.69, 9.17) is 5.10 Å². The van der Waals surface area contributed by atoms with E-state index in [1.807, 2.05) is 10.6 Å². The van der Waals surface area contributed by atoms with Gasteiger partial charge in [0.1, 0.15) is 5.82 Å². The van der Waals surface area contributed by atoms with Crippen molar-refractivity contribution in [2.24, 2.45) is 0 Å². The summed E-state index contributed by atoms with van der Waals surface area (Å²) in [6.45, 7) is 8.58. The minimum absolute atomic E-state index is 0.0643. The van der Waals surface area contributed by atoms with Crippen LogP contribution in [-0.2, 0) is 5.41 Å². The summed E-state index contributed by atoms with van der Waals surface area (Å²) in [7, 11) is 2.30. The Morgan fingerprint density at radius 2 is 1.75 bits per heavy atom. The molecular formula is C18H28N6. The van der Waals surface area contributed by atoms with Gasteiger partial charge in [0.2, 0.25) is 0 Å². The van der Waals surface area contributed by atoms with E-state index in [9.17, 15) is 0 Å². The second kappa shape index (κ2) is 5.69. The van der Waals surface area contributed by atoms with Crippen LogP contribution in [0.4, 0.5) is 5.82 Å². The number of rotatable bonds is 3. The molecule has 0 aromatic carbocycles. The van der Waals surface area contributed by atoms with Crippen LogP contribution < -0.4 is 4.90 Å². The summed E-state index contributed by atoms with van der Waals surface area (Å²) in [5, 5.41) is 13.4. The summed E-state index contributed by atoms with van der Waals surface area (Å²) in [4.78, 5) is 4.96. The summed E-state index contributed by atoms with van der Waals surface area (Å²) in [6, 6.07) is 5.55. The van der Waals surface area contributed by atoms with Gasteiger partial charge >= 0.3 is 0 Å². The standard InChI is InChI=1S/C18H28N6/c1-18(2,3)17-20-19-15-9-10-16(21-24(15)17)23-11-14(12-23)22(4)13-7-5-6-8-13/h9-10,13-14H,5-8,11-12H2,1-4H3. The minimum atomic E-state index is -0.0643. The Kier molecular flexibility index (Phi) is 3.75. The Balaban J connectivity index is 1.49. The first-order valence-electron chi connectivity index (χ1n) is 9.13. The Morgan fingerprint density at radius 1 is 1.04 bits per heavy atom. The molecule has 6 heteroatoms. The van der Waals surface area contributed by atoms with Crippen LogP contribution in [0.1, 0.15) is 52.3 Å². The van der Waals surface area contributed by atoms with E-state index >= 15 is 0 Å². The highest BCUT2D eigenvalue weighted by Crippen LogP contribution is 2.29. The number of aromatic nitrogens is 4. The van der Waals surface area contributed by atoms with E-state index in [1.54, 1.807) is 0 Å². The summed E-state index contributed by atoms with van der Waals surface area (Å²) in [5.41, 5.74) is 0.759. The van der Waals surface area contributed by atoms with Crippen LogP contribution in [0.25, 0.3) is 5.65 Å². The molecule has 0 amide bonds. The fourth-order valence-electron chi connectivity index (χ4n) is 3.93. The molecule has 24 heavy (non-hydrogen) atoms. The number of hydrogen-bond donors (Lipinski definition) is 0. The fourth-order valence-corrected chi connectivity index (χ4v) is 3.93. The molecule has 1 saturated carbocycles. The van der Waals surface area contributed by atoms with Crippen molar-refractivity contribution in [2.45, 2.75) is 64.0 Å². The van der Waals surface area contributed by atoms with E-state index < -0.39 is 0 Å². The van der Waals surface area contributed by atoms with Crippen LogP contribution in [0, 0.1) is 0 Å². The molecule has 0 atom stereocenters. The monoisotopic (exact) mass is 328 g/mol. The number of hydrogen-bond acceptors (Lipinski definition) is 5. The van der Waals surface area contributed by atoms with Crippen LogP contribution in [0.2, 0.25) is 0 Å². The second-order valence-electron chi connectivity index (χ2n) is 8.40. The van der Waals surface area contributed by atoms with Gasteiger partial charge in [-0.3, -0.25) is 4.90 Å². The predicted molar refractivity (Wildman–Crippen MR) is 95.5 cm³/mol. The maximum atomic E-state index is 4.81. The Morgan fingerprint density at radius 3 is 2.42 bits per heavy atom. The maximum absolute atomic E-state index is 4.81. The molecule has 0 spiro atoms. The molecule has 2 fully saturated rings. The lowest BCUT2D eigenvalue weighted by Gasteiger charge is -2.46. The minimum Gasteiger partial charge on any atom is -0.352 e. The van der Waals surface area contributed by atoms with Crippen molar-refractivity contribution in [3.8, 4) is 0 Å². The number of fused-ring (bicyclic) bond motifs is 1. The third-order valence-corrected chi connectivity index (χ3v) is 5.58. The van der Waals surface area contributed by atoms with Gasteiger partial charge in [-0.05, 0) is 32.0 Å². The molecule has 1 aliphatic carbocycles. The summed E-state index contributed by atoms with van der Waals surface area (Å²) in [5.74, 6) is 1.95. The average Bonchev–Trinajstić information content (AvgIpc) is 3.14. The first-order valence-corrected chi connectivity index (χ1v) is 9.13. The molecule has 0 unspecified atom stereocenters. The molecule has 2 aromatic heterocycles. The molecular weight excluding hydrogens is 300 g/mol. The van der Waals surface area contributed by atoms with Gasteiger partial charge in [0.15, 0.2) is 11.5 Å². The van der Waals surface area contributed by atoms with Crippen LogP contribution in [0.5, 0.6) is 0 Å². The van der Waals surface area contributed by atoms with Crippen molar-refractivity contribution in [1.29, 1.82) is 0 Å². The largest absolute Gasteiger partial charge is 0.352 e. The van der Waals surface area contributed by atoms with Gasteiger partial charge < -0.3 is 4.90 Å². The van der Waals surface area contributed by atoms with E-state index in [-0.39, 0.29) is 5.41 Å². The number of likely N-dealkylation sites (N-methyl/N-ethyl adjacent to an activating group) is 1. The molecule has 2 aliphatic rings. The Hall–Kier alpha value is -1.69. The molecule has 130 valence electrons. The maximum Gasteiger partial charge on any atom is 0.178 e. The van der Waals surface area contributed by atoms with Crippen LogP contribution in [0.15, 0.2) is 12.1 Å². The molecule has 3 heterocycles. The highest BCUT2D eigenvalue weighted by molar-refractivity contribution is 5.48. The molecule has 6 nitrogen and oxygen atoms in total. The van der Waals surface area contributed by atoms with Crippen molar-refractivity contribution in [1.82, 2.24) is 24.7 Å². The molecule has 2 aromatic rings. The third-order valence-electron chi connectivity index (χ3n) is 5.58. The molecule has 0 bridgehead atoms. The van der Waals surface area contributed by atoms with E-state index in [2.05, 4.69) is 53.9 Å². The van der Waals surface area contributed by atoms with Gasteiger partial charge in [-0.1, -0.05) is 33.6 Å². The zero-order chi connectivity index (χ0) is 16.9. The number of anilines is 1. The van der Waals surface area contributed by atoms with Gasteiger partial charge in [0.05, 0.1) is 0 Å². The highest BCUT2D eigenvalue weighted by atomic mass is 15.4. The number of nitrogens with zero attached hydrogens (tertiary/aromatic N) is 6. The van der Waals surface area contributed by atoms with Gasteiger partial charge in [-0.25, -0.2) is 0 Å². The Bertz CT molecular complexity index is 719. The average molecular weight is 328 g/mol. The first-order chi connectivity index (χ1) is 11.4. The molecule has 4 rings (SSSR count). The lowest BCUT2D eigenvalue weighted by atomic mass is 9.96. The molecule has 0 radical (unpaired) electrons. The predicted octanol–water partition coefficient (Wildman–Crippen LogP) is 2.48. The second-order valence-corrected chi connectivity index (χ2v) is 8.40. The fraction of sp³-hybridized carbons (Fsp3) is 0.722. The van der Waals surface area contributed by atoms with Crippen molar-refractivity contribution in [3.63, 3.8) is 0 Å². The zero-order valence-electron chi connectivity index (χ0n) is 15.2. The van der Waals surface area contributed by atoms with E-state index in [0.29, 0.717) is 6.04 Å². The first kappa shape index (κ1) is 15.8. The van der Waals surface area contributed by atoms with Gasteiger partial charge in [0.25, 0.3) is 0 Å². The van der Waals surface area contributed by atoms with Crippen LogP contribution in [0.3, 0.4) is 0 Å². The third kappa shape index (κ3) is 2.66. The molecule has 1 saturated heterocycles. The Labute approximate surface area is 143 Å². The van der Waals surface area contributed by atoms with Gasteiger partial charge in [-0.2, -0.15) is 4.52 Å². The summed E-state index contributed by atoms with van der Waals surface area (Å²) in [6.07, 6.45) is 5.53. The topological polar surface area (TPSA) is 49.6 Å². The lowest BCUT2D eigenvalue weighted by molar-refractivity contribution is 0.147. The van der Waals surface area contributed by atoms with Crippen LogP contribution in [-0.4, -0.2) is 56.9 Å². The normalized spacial score (nSPS) is 20.3. The van der Waals surface area contributed by atoms with Gasteiger partial charge in [-0.15, -0.1) is 15.3 Å². The SMILES string of the molecule is CN(C1CCCC1)C1CN(c2ccc3nnc(C(C)(C)C)n3n2)C1. The smallest absolute Gasteiger partial charge is 0.178 e. The quantitative estimate of drug-likeness (QED) is 0.866. The molecule has 0 N–H and O–H groups in total. The zero-order valence-corrected chi connectivity index (χ0v) is 15.2. The van der Waals surface area contributed by atoms with Crippen LogP contribution >= 0.6 is 0 Å². The van der Waals surface area contributed by atoms with E-state index in [1.165, 1.54) is 25.7 Å².